The minimum Gasteiger partial charge on any atom is -0.459 e. The number of Topliss-reactive ketones (excluding diaryl/α,β-unsaturated/α-hetero) is 3. The Morgan fingerprint density at radius 3 is 1.24 bits per heavy atom. The summed E-state index contributed by atoms with van der Waals surface area (Å²) >= 11 is 0. The lowest BCUT2D eigenvalue weighted by molar-refractivity contribution is -0.157. The number of urea groups is 2. The third-order valence-electron chi connectivity index (χ3n) is 29.2. The number of esters is 1. The summed E-state index contributed by atoms with van der Waals surface area (Å²) in [6, 6.07) is -9.27. The molecule has 133 heavy (non-hydrogen) atoms. The first kappa shape index (κ1) is 109. The van der Waals surface area contributed by atoms with E-state index in [4.69, 9.17) is 9.47 Å². The van der Waals surface area contributed by atoms with E-state index in [1.165, 1.54) is 11.0 Å². The third-order valence-corrected chi connectivity index (χ3v) is 30.1. The molecule has 0 aromatic rings. The van der Waals surface area contributed by atoms with Crippen molar-refractivity contribution in [2.24, 2.45) is 74.9 Å². The van der Waals surface area contributed by atoms with Crippen LogP contribution in [0.15, 0.2) is 38.0 Å². The second-order valence-electron chi connectivity index (χ2n) is 44.3. The van der Waals surface area contributed by atoms with E-state index in [-0.39, 0.29) is 132 Å². The third kappa shape index (κ3) is 29.1. The molecular weight excluding hydrogens is 1730 g/mol. The first-order chi connectivity index (χ1) is 62.0. The molecule has 11 N–H and O–H groups in total. The zero-order valence-electron chi connectivity index (χ0n) is 82.7. The molecule has 0 aromatic heterocycles. The Kier molecular flexibility index (Phi) is 37.3. The average molecular weight is 1880 g/mol. The van der Waals surface area contributed by atoms with Gasteiger partial charge in [0, 0.05) is 56.6 Å². The molecule has 7 saturated carbocycles. The Balaban J connectivity index is 0.000000246. The highest BCUT2D eigenvalue weighted by Crippen LogP contribution is 2.67. The first-order valence-corrected chi connectivity index (χ1v) is 50.7. The van der Waals surface area contributed by atoms with Gasteiger partial charge < -0.3 is 82.7 Å². The maximum atomic E-state index is 14.3. The van der Waals surface area contributed by atoms with Crippen molar-refractivity contribution in [3.8, 4) is 0 Å². The first-order valence-electron chi connectivity index (χ1n) is 48.6. The molecular formula is C98H158N14O20S. The molecule has 17 atom stereocenters. The second kappa shape index (κ2) is 45.6. The van der Waals surface area contributed by atoms with Gasteiger partial charge >= 0.3 is 24.1 Å². The number of rotatable bonds is 38. The number of likely N-dealkylation sites (tertiary alicyclic amines) is 3. The number of amides is 14. The van der Waals surface area contributed by atoms with E-state index >= 15 is 0 Å². The summed E-state index contributed by atoms with van der Waals surface area (Å²) in [5, 5.41) is 30.0. The molecule has 0 aromatic carbocycles. The summed E-state index contributed by atoms with van der Waals surface area (Å²) < 4.78 is 34.2. The summed E-state index contributed by atoms with van der Waals surface area (Å²) in [6.45, 7) is 46.8. The SMILES string of the molecule is C=CCCC(NC(=O)[C@@H]1[C@@H]2[C@H](CN1C(=O)[C@@H](NC(=O)NC(C)(C)C)C(C)(C)C)C2(C)C)C(=O)C(=O)NCCC(=O)OC1(C)CCCC1.C=CCCC(NC(=O)[C@@H]1[C@@H]2[C@H](CN1C(=O)[C@@H](NC(=O)NC(C)(C)C)C1CCCCC1)C2(C)C)C(=O)C(=O)NCCS(C)(=O)=O.C=CCNC(=O)C(=O)C(CCC)NC(=O)[C@@H]1[C@@H]2[C@H](CN1C(=O)[C@@H](NC(=O)OC1CCC(C)C1)C1CCCCC1)C2(C)C. The number of sulfone groups is 1. The van der Waals surface area contributed by atoms with Gasteiger partial charge in [0.2, 0.25) is 52.8 Å². The maximum Gasteiger partial charge on any atom is 0.408 e. The number of piperidine rings is 3. The highest BCUT2D eigenvalue weighted by molar-refractivity contribution is 7.90. The minimum atomic E-state index is -3.35. The molecule has 10 fully saturated rings. The van der Waals surface area contributed by atoms with Crippen molar-refractivity contribution in [3.63, 3.8) is 0 Å². The van der Waals surface area contributed by atoms with Crippen LogP contribution < -0.4 is 58.5 Å². The number of ketones is 3. The van der Waals surface area contributed by atoms with Gasteiger partial charge in [-0.3, -0.25) is 62.3 Å². The smallest absolute Gasteiger partial charge is 0.408 e. The van der Waals surface area contributed by atoms with Crippen LogP contribution in [-0.2, 0) is 81.6 Å². The number of carbonyl (C=O) groups is 16. The molecule has 35 heteroatoms. The molecule has 7 aliphatic carbocycles. The monoisotopic (exact) mass is 1880 g/mol. The van der Waals surface area contributed by atoms with Gasteiger partial charge in [0.25, 0.3) is 17.7 Å². The predicted octanol–water partition coefficient (Wildman–Crippen LogP) is 8.57. The van der Waals surface area contributed by atoms with Gasteiger partial charge in [-0.1, -0.05) is 139 Å². The second-order valence-corrected chi connectivity index (χ2v) is 46.6. The quantitative estimate of drug-likeness (QED) is 0.0156. The van der Waals surface area contributed by atoms with Crippen LogP contribution in [0.25, 0.3) is 0 Å². The van der Waals surface area contributed by atoms with Crippen LogP contribution in [0.4, 0.5) is 14.4 Å². The van der Waals surface area contributed by atoms with Gasteiger partial charge in [-0.15, -0.1) is 19.7 Å². The molecule has 0 bridgehead atoms. The van der Waals surface area contributed by atoms with Gasteiger partial charge in [-0.25, -0.2) is 22.8 Å². The van der Waals surface area contributed by atoms with Crippen LogP contribution >= 0.6 is 0 Å². The van der Waals surface area contributed by atoms with Crippen LogP contribution in [0.2, 0.25) is 0 Å². The molecule has 34 nitrogen and oxygen atoms in total. The molecule has 3 heterocycles. The van der Waals surface area contributed by atoms with E-state index < -0.39 is 163 Å². The molecule has 3 saturated heterocycles. The number of nitrogens with one attached hydrogen (secondary N) is 11. The summed E-state index contributed by atoms with van der Waals surface area (Å²) in [6.07, 6.45) is 22.3. The van der Waals surface area contributed by atoms with E-state index in [1.807, 2.05) is 104 Å². The van der Waals surface area contributed by atoms with Crippen molar-refractivity contribution in [2.75, 3.05) is 51.3 Å². The zero-order valence-corrected chi connectivity index (χ0v) is 83.5. The highest BCUT2D eigenvalue weighted by atomic mass is 32.2. The number of nitrogens with zero attached hydrogens (tertiary/aromatic N) is 3. The Labute approximate surface area is 788 Å². The van der Waals surface area contributed by atoms with Crippen LogP contribution in [0, 0.1) is 74.9 Å². The van der Waals surface area contributed by atoms with Gasteiger partial charge in [-0.05, 0) is 226 Å². The van der Waals surface area contributed by atoms with Crippen molar-refractivity contribution < 1.29 is 94.6 Å². The standard InChI is InChI=1S/C35H57N5O7.C32H50N4O6.C31H51N5O7S/c1-11-12-15-22(26(42)29(44)36-19-16-23(41)47-35(10)17-13-14-18-35)37-28(43)25-24-21(34(24,8)9)20-40(25)30(45)27(32(2,3)4)38-31(46)39-33(5,6)7;1-6-11-23(27(37)29(39)33-16-7-2)34-28(38)26-24-22(32(24,4)5)18-36(26)30(40)25(20-12-9-8-10-13-20)35-31(41)42-21-15-14-19(3)17-21;1-8-9-15-21(25(37)27(39)32-16-17-44(7,42)43)33-26(38)24-22-20(31(22,5)6)18-36(24)28(40)23(19-13-11-10-12-14-19)34-29(41)35-30(2,3)4/h11,21-22,24-25,27H,1,12-20H2,2-10H3,(H,36,44)(H,37,43)(H2,38,39,46);7,19-26H,2,6,8-18H2,1,3-5H3,(H,33,39)(H,34,38)(H,35,41);8,19-24H,1,9-18H2,2-7H3,(H,32,39)(H,33,38)(H2,34,35,41)/t21-,22?,24-,25-,27+;19?,21?,22-,23?,24-,25-,26-;20-,21?,22-,23-,24-/m000/s1. The number of hydrogen-bond donors (Lipinski definition) is 11. The van der Waals surface area contributed by atoms with Crippen LogP contribution in [0.1, 0.15) is 279 Å². The van der Waals surface area contributed by atoms with Crippen molar-refractivity contribution in [2.45, 2.75) is 356 Å². The molecule has 5 unspecified atom stereocenters. The Morgan fingerprint density at radius 2 is 0.865 bits per heavy atom. The number of ether oxygens (including phenoxy) is 2. The number of fused-ring (bicyclic) bond motifs is 3. The Morgan fingerprint density at radius 1 is 0.474 bits per heavy atom. The maximum absolute atomic E-state index is 14.3. The summed E-state index contributed by atoms with van der Waals surface area (Å²) in [4.78, 5) is 218. The van der Waals surface area contributed by atoms with Gasteiger partial charge in [-0.2, -0.15) is 0 Å². The topological polar surface area (TPSA) is 468 Å². The highest BCUT2D eigenvalue weighted by Gasteiger charge is 2.73. The number of allylic oxidation sites excluding steroid dienone is 2. The summed E-state index contributed by atoms with van der Waals surface area (Å²) in [5.41, 5.74) is -2.70. The minimum absolute atomic E-state index is 0.0297. The van der Waals surface area contributed by atoms with Crippen molar-refractivity contribution in [3.05, 3.63) is 38.0 Å². The molecule has 10 rings (SSSR count). The zero-order chi connectivity index (χ0) is 99.2. The number of carbonyl (C=O) groups excluding carboxylic acids is 16. The molecule has 0 spiro atoms. The van der Waals surface area contributed by atoms with E-state index in [1.54, 1.807) is 22.0 Å². The molecule has 14 amide bonds. The fourth-order valence-electron chi connectivity index (χ4n) is 21.4. The normalized spacial score (nSPS) is 25.8. The largest absolute Gasteiger partial charge is 0.459 e. The van der Waals surface area contributed by atoms with Crippen LogP contribution in [0.3, 0.4) is 0 Å². The van der Waals surface area contributed by atoms with E-state index in [9.17, 15) is 85.1 Å². The Hall–Kier alpha value is -9.31. The van der Waals surface area contributed by atoms with Gasteiger partial charge in [0.05, 0.1) is 30.3 Å². The lowest BCUT2D eigenvalue weighted by atomic mass is 9.83. The van der Waals surface area contributed by atoms with Crippen LogP contribution in [-0.4, -0.2) is 246 Å². The van der Waals surface area contributed by atoms with E-state index in [2.05, 4.69) is 99.0 Å². The fraction of sp³-hybridized carbons (Fsp3) is 0.776. The Bertz CT molecular complexity index is 4390. The van der Waals surface area contributed by atoms with Gasteiger partial charge in [0.15, 0.2) is 0 Å². The van der Waals surface area contributed by atoms with E-state index in [0.717, 1.165) is 115 Å². The van der Waals surface area contributed by atoms with Crippen molar-refractivity contribution in [1.29, 1.82) is 0 Å². The average Bonchev–Trinajstić information content (AvgIpc) is 1.53. The summed E-state index contributed by atoms with van der Waals surface area (Å²) in [5.74, 6) is -7.92. The predicted molar refractivity (Wildman–Crippen MR) is 503 cm³/mol. The fourth-order valence-corrected chi connectivity index (χ4v) is 21.9. The van der Waals surface area contributed by atoms with Gasteiger partial charge in [0.1, 0.15) is 57.8 Å². The lowest BCUT2D eigenvalue weighted by Gasteiger charge is -2.38. The number of alkyl carbamates (subject to hydrolysis) is 1. The molecule has 0 radical (unpaired) electrons. The van der Waals surface area contributed by atoms with Crippen molar-refractivity contribution in [1.82, 2.24) is 73.2 Å². The van der Waals surface area contributed by atoms with Crippen molar-refractivity contribution >= 4 is 104 Å². The lowest BCUT2D eigenvalue weighted by Crippen LogP contribution is -2.62. The molecule has 3 aliphatic heterocycles. The molecule has 10 aliphatic rings. The molecule has 746 valence electrons. The van der Waals surface area contributed by atoms with E-state index in [0.29, 0.717) is 51.2 Å². The van der Waals surface area contributed by atoms with Crippen LogP contribution in [0.5, 0.6) is 0 Å². The number of hydrogen-bond acceptors (Lipinski definition) is 20. The summed E-state index contributed by atoms with van der Waals surface area (Å²) in [7, 11) is -3.35.